The highest BCUT2D eigenvalue weighted by Crippen LogP contribution is 2.09. The third kappa shape index (κ3) is 6.84. The van der Waals surface area contributed by atoms with E-state index in [0.29, 0.717) is 12.3 Å². The number of hydrogen-bond acceptors (Lipinski definition) is 1. The van der Waals surface area contributed by atoms with E-state index in [1.165, 1.54) is 43.5 Å². The van der Waals surface area contributed by atoms with Gasteiger partial charge in [-0.15, -0.1) is 0 Å². The first kappa shape index (κ1) is 19.6. The molecule has 0 aliphatic carbocycles. The van der Waals surface area contributed by atoms with E-state index in [1.54, 1.807) is 4.90 Å². The fourth-order valence-corrected chi connectivity index (χ4v) is 3.96. The molecule has 2 aromatic rings. The Morgan fingerprint density at radius 1 is 0.852 bits per heavy atom. The van der Waals surface area contributed by atoms with Crippen molar-refractivity contribution >= 4 is 5.91 Å². The predicted octanol–water partition coefficient (Wildman–Crippen LogP) is 3.11. The molecule has 1 aliphatic rings. The number of nitrogens with zero attached hydrogens (tertiary/aromatic N) is 1. The highest BCUT2D eigenvalue weighted by molar-refractivity contribution is 5.76. The number of likely N-dealkylation sites (tertiary alicyclic amines) is 1. The van der Waals surface area contributed by atoms with Crippen LogP contribution >= 0.6 is 0 Å². The van der Waals surface area contributed by atoms with Crippen LogP contribution in [-0.2, 0) is 17.8 Å². The van der Waals surface area contributed by atoms with Crippen molar-refractivity contribution in [3.05, 3.63) is 71.8 Å². The van der Waals surface area contributed by atoms with Crippen LogP contribution in [0.15, 0.2) is 60.7 Å². The number of piperidine rings is 1. The molecule has 0 spiro atoms. The zero-order chi connectivity index (χ0) is 18.7. The Morgan fingerprint density at radius 2 is 1.48 bits per heavy atom. The number of benzene rings is 2. The standard InChI is InChI=1S/C24H32N2O/c27-24(16-20-25-17-8-3-9-18-25)26(21-23-13-6-2-7-14-23)19-10-15-22-11-4-1-5-12-22/h1-2,4-7,11-14H,3,8-10,15-21H2/p+1. The van der Waals surface area contributed by atoms with Gasteiger partial charge in [-0.05, 0) is 43.2 Å². The molecule has 2 aromatic carbocycles. The van der Waals surface area contributed by atoms with Crippen LogP contribution in [-0.4, -0.2) is 37.0 Å². The van der Waals surface area contributed by atoms with Crippen LogP contribution in [0, 0.1) is 0 Å². The largest absolute Gasteiger partial charge is 0.338 e. The lowest BCUT2D eigenvalue weighted by molar-refractivity contribution is -0.904. The Kier molecular flexibility index (Phi) is 7.91. The fourth-order valence-electron chi connectivity index (χ4n) is 3.96. The van der Waals surface area contributed by atoms with Crippen molar-refractivity contribution in [1.82, 2.24) is 4.90 Å². The molecule has 3 heteroatoms. The Hall–Kier alpha value is -2.13. The summed E-state index contributed by atoms with van der Waals surface area (Å²) in [7, 11) is 0. The molecule has 1 fully saturated rings. The topological polar surface area (TPSA) is 24.8 Å². The molecule has 0 unspecified atom stereocenters. The smallest absolute Gasteiger partial charge is 0.228 e. The van der Waals surface area contributed by atoms with Crippen molar-refractivity contribution in [3.63, 3.8) is 0 Å². The summed E-state index contributed by atoms with van der Waals surface area (Å²) in [5.41, 5.74) is 2.57. The minimum atomic E-state index is 0.310. The van der Waals surface area contributed by atoms with E-state index >= 15 is 0 Å². The summed E-state index contributed by atoms with van der Waals surface area (Å²) in [6.45, 7) is 5.02. The van der Waals surface area contributed by atoms with E-state index in [2.05, 4.69) is 59.5 Å². The molecule has 144 valence electrons. The average molecular weight is 366 g/mol. The Balaban J connectivity index is 1.53. The van der Waals surface area contributed by atoms with Crippen LogP contribution in [0.4, 0.5) is 0 Å². The van der Waals surface area contributed by atoms with Crippen LogP contribution in [0.3, 0.4) is 0 Å². The number of carbonyl (C=O) groups is 1. The second-order valence-electron chi connectivity index (χ2n) is 7.70. The normalized spacial score (nSPS) is 14.8. The molecule has 3 nitrogen and oxygen atoms in total. The van der Waals surface area contributed by atoms with Crippen LogP contribution < -0.4 is 4.90 Å². The van der Waals surface area contributed by atoms with Crippen molar-refractivity contribution < 1.29 is 9.69 Å². The maximum Gasteiger partial charge on any atom is 0.228 e. The lowest BCUT2D eigenvalue weighted by Gasteiger charge is -2.26. The number of amides is 1. The number of carbonyl (C=O) groups excluding carboxylic acids is 1. The Morgan fingerprint density at radius 3 is 2.15 bits per heavy atom. The zero-order valence-electron chi connectivity index (χ0n) is 16.4. The molecule has 1 saturated heterocycles. The lowest BCUT2D eigenvalue weighted by atomic mass is 10.1. The highest BCUT2D eigenvalue weighted by atomic mass is 16.2. The van der Waals surface area contributed by atoms with Gasteiger partial charge in [0.15, 0.2) is 0 Å². The molecular formula is C24H33N2O+. The van der Waals surface area contributed by atoms with Crippen LogP contribution in [0.5, 0.6) is 0 Å². The van der Waals surface area contributed by atoms with Gasteiger partial charge in [0.25, 0.3) is 0 Å². The van der Waals surface area contributed by atoms with Gasteiger partial charge in [-0.2, -0.15) is 0 Å². The van der Waals surface area contributed by atoms with Gasteiger partial charge >= 0.3 is 0 Å². The molecule has 1 heterocycles. The van der Waals surface area contributed by atoms with Crippen molar-refractivity contribution in [3.8, 4) is 0 Å². The molecule has 27 heavy (non-hydrogen) atoms. The summed E-state index contributed by atoms with van der Waals surface area (Å²) < 4.78 is 0. The molecule has 0 saturated carbocycles. The van der Waals surface area contributed by atoms with E-state index in [-0.39, 0.29) is 0 Å². The monoisotopic (exact) mass is 365 g/mol. The van der Waals surface area contributed by atoms with Gasteiger partial charge in [0.1, 0.15) is 0 Å². The minimum absolute atomic E-state index is 0.310. The molecule has 0 aromatic heterocycles. The molecular weight excluding hydrogens is 332 g/mol. The van der Waals surface area contributed by atoms with E-state index < -0.39 is 0 Å². The molecule has 0 atom stereocenters. The second-order valence-corrected chi connectivity index (χ2v) is 7.70. The van der Waals surface area contributed by atoms with Crippen LogP contribution in [0.2, 0.25) is 0 Å². The molecule has 1 aliphatic heterocycles. The fraction of sp³-hybridized carbons (Fsp3) is 0.458. The summed E-state index contributed by atoms with van der Waals surface area (Å²) in [5.74, 6) is 0.310. The van der Waals surface area contributed by atoms with E-state index in [0.717, 1.165) is 32.5 Å². The van der Waals surface area contributed by atoms with Gasteiger partial charge in [0.2, 0.25) is 5.91 Å². The van der Waals surface area contributed by atoms with Crippen molar-refractivity contribution in [1.29, 1.82) is 0 Å². The number of nitrogens with one attached hydrogen (secondary N) is 1. The highest BCUT2D eigenvalue weighted by Gasteiger charge is 2.18. The summed E-state index contributed by atoms with van der Waals surface area (Å²) in [5, 5.41) is 0. The van der Waals surface area contributed by atoms with E-state index in [9.17, 15) is 4.79 Å². The van der Waals surface area contributed by atoms with Crippen LogP contribution in [0.25, 0.3) is 0 Å². The van der Waals surface area contributed by atoms with Crippen molar-refractivity contribution in [2.24, 2.45) is 0 Å². The van der Waals surface area contributed by atoms with Gasteiger partial charge < -0.3 is 9.80 Å². The minimum Gasteiger partial charge on any atom is -0.338 e. The summed E-state index contributed by atoms with van der Waals surface area (Å²) in [4.78, 5) is 16.6. The Labute approximate surface area is 164 Å². The first-order valence-electron chi connectivity index (χ1n) is 10.5. The van der Waals surface area contributed by atoms with E-state index in [1.807, 2.05) is 6.07 Å². The number of rotatable bonds is 9. The first-order chi connectivity index (χ1) is 13.3. The van der Waals surface area contributed by atoms with Gasteiger partial charge in [-0.1, -0.05) is 60.7 Å². The summed E-state index contributed by atoms with van der Waals surface area (Å²) in [6.07, 6.45) is 6.70. The third-order valence-corrected chi connectivity index (χ3v) is 5.56. The maximum atomic E-state index is 12.9. The molecule has 1 amide bonds. The van der Waals surface area contributed by atoms with Crippen molar-refractivity contribution in [2.75, 3.05) is 26.2 Å². The van der Waals surface area contributed by atoms with Gasteiger partial charge in [0, 0.05) is 13.1 Å². The molecule has 1 N–H and O–H groups in total. The second kappa shape index (κ2) is 10.9. The maximum absolute atomic E-state index is 12.9. The first-order valence-corrected chi connectivity index (χ1v) is 10.5. The van der Waals surface area contributed by atoms with Gasteiger partial charge in [-0.25, -0.2) is 0 Å². The van der Waals surface area contributed by atoms with Gasteiger partial charge in [0.05, 0.1) is 26.1 Å². The van der Waals surface area contributed by atoms with Crippen molar-refractivity contribution in [2.45, 2.75) is 45.1 Å². The van der Waals surface area contributed by atoms with Gasteiger partial charge in [-0.3, -0.25) is 4.79 Å². The SMILES string of the molecule is O=C(CC[NH+]1CCCCC1)N(CCCc1ccccc1)Cc1ccccc1. The molecule has 3 rings (SSSR count). The number of hydrogen-bond donors (Lipinski definition) is 1. The Bertz CT molecular complexity index is 665. The van der Waals surface area contributed by atoms with Crippen LogP contribution in [0.1, 0.15) is 43.2 Å². The summed E-state index contributed by atoms with van der Waals surface area (Å²) in [6, 6.07) is 20.9. The predicted molar refractivity (Wildman–Crippen MR) is 111 cm³/mol. The average Bonchev–Trinajstić information content (AvgIpc) is 2.73. The quantitative estimate of drug-likeness (QED) is 0.726. The summed E-state index contributed by atoms with van der Waals surface area (Å²) >= 11 is 0. The van der Waals surface area contributed by atoms with E-state index in [4.69, 9.17) is 0 Å². The lowest BCUT2D eigenvalue weighted by Crippen LogP contribution is -3.12. The number of aryl methyl sites for hydroxylation is 1. The molecule has 0 bridgehead atoms. The third-order valence-electron chi connectivity index (χ3n) is 5.56. The zero-order valence-corrected chi connectivity index (χ0v) is 16.4. The number of quaternary nitrogens is 1. The molecule has 0 radical (unpaired) electrons.